The zero-order chi connectivity index (χ0) is 14.5. The minimum absolute atomic E-state index is 0.174. The Bertz CT molecular complexity index is 496. The molecule has 20 heavy (non-hydrogen) atoms. The molecule has 108 valence electrons. The molecule has 0 saturated heterocycles. The molecule has 0 aliphatic heterocycles. The standard InChI is InChI=1S/C15H17Cl2NO2/c16-12-6-10(7-13(17)8-12)4-5-15(20)18-9-11-2-1-3-14(11)19/h4-8,11,14,19H,1-3,9H2,(H,18,20). The summed E-state index contributed by atoms with van der Waals surface area (Å²) in [4.78, 5) is 11.7. The summed E-state index contributed by atoms with van der Waals surface area (Å²) in [6, 6.07) is 5.11. The number of benzene rings is 1. The Kier molecular flexibility index (Phi) is 5.46. The average Bonchev–Trinajstić information content (AvgIpc) is 2.78. The second kappa shape index (κ2) is 7.11. The molecule has 3 nitrogen and oxygen atoms in total. The van der Waals surface area contributed by atoms with Gasteiger partial charge in [-0.25, -0.2) is 0 Å². The molecule has 2 rings (SSSR count). The highest BCUT2D eigenvalue weighted by Gasteiger charge is 2.24. The van der Waals surface area contributed by atoms with Gasteiger partial charge in [-0.1, -0.05) is 29.6 Å². The highest BCUT2D eigenvalue weighted by Crippen LogP contribution is 2.24. The van der Waals surface area contributed by atoms with Crippen LogP contribution in [0.3, 0.4) is 0 Å². The van der Waals surface area contributed by atoms with Crippen LogP contribution in [0.25, 0.3) is 6.08 Å². The predicted octanol–water partition coefficient (Wildman–Crippen LogP) is 3.28. The number of carbonyl (C=O) groups excluding carboxylic acids is 1. The molecule has 5 heteroatoms. The summed E-state index contributed by atoms with van der Waals surface area (Å²) in [5.41, 5.74) is 0.776. The van der Waals surface area contributed by atoms with Crippen LogP contribution in [0.4, 0.5) is 0 Å². The van der Waals surface area contributed by atoms with Crippen LogP contribution < -0.4 is 5.32 Å². The summed E-state index contributed by atoms with van der Waals surface area (Å²) in [7, 11) is 0. The molecule has 1 aliphatic carbocycles. The van der Waals surface area contributed by atoms with Gasteiger partial charge in [0.05, 0.1) is 6.10 Å². The van der Waals surface area contributed by atoms with E-state index < -0.39 is 0 Å². The predicted molar refractivity (Wildman–Crippen MR) is 81.9 cm³/mol. The molecule has 0 spiro atoms. The van der Waals surface area contributed by atoms with Crippen LogP contribution in [0.5, 0.6) is 0 Å². The third-order valence-corrected chi connectivity index (χ3v) is 3.91. The monoisotopic (exact) mass is 313 g/mol. The molecule has 1 aliphatic rings. The van der Waals surface area contributed by atoms with Crippen molar-refractivity contribution in [3.8, 4) is 0 Å². The van der Waals surface area contributed by atoms with Crippen molar-refractivity contribution in [1.29, 1.82) is 0 Å². The van der Waals surface area contributed by atoms with Gasteiger partial charge in [0.15, 0.2) is 0 Å². The maximum Gasteiger partial charge on any atom is 0.244 e. The molecule has 0 aromatic heterocycles. The summed E-state index contributed by atoms with van der Waals surface area (Å²) in [5.74, 6) is -0.00633. The first-order chi connectivity index (χ1) is 9.54. The summed E-state index contributed by atoms with van der Waals surface area (Å²) in [6.07, 6.45) is 5.65. The van der Waals surface area contributed by atoms with Gasteiger partial charge < -0.3 is 10.4 Å². The number of nitrogens with one attached hydrogen (secondary N) is 1. The Balaban J connectivity index is 1.85. The highest BCUT2D eigenvalue weighted by molar-refractivity contribution is 6.34. The minimum atomic E-state index is -0.286. The van der Waals surface area contributed by atoms with E-state index in [-0.39, 0.29) is 17.9 Å². The van der Waals surface area contributed by atoms with E-state index in [1.165, 1.54) is 6.08 Å². The quantitative estimate of drug-likeness (QED) is 0.838. The lowest BCUT2D eigenvalue weighted by Gasteiger charge is -2.13. The van der Waals surface area contributed by atoms with E-state index >= 15 is 0 Å². The van der Waals surface area contributed by atoms with Gasteiger partial charge in [0.1, 0.15) is 0 Å². The molecule has 0 heterocycles. The van der Waals surface area contributed by atoms with Crippen LogP contribution >= 0.6 is 23.2 Å². The van der Waals surface area contributed by atoms with Gasteiger partial charge in [-0.2, -0.15) is 0 Å². The van der Waals surface area contributed by atoms with Crippen LogP contribution in [0.15, 0.2) is 24.3 Å². The molecule has 1 aromatic rings. The Morgan fingerprint density at radius 1 is 1.30 bits per heavy atom. The molecule has 0 bridgehead atoms. The molecule has 1 fully saturated rings. The maximum atomic E-state index is 11.7. The van der Waals surface area contributed by atoms with Crippen molar-refractivity contribution < 1.29 is 9.90 Å². The van der Waals surface area contributed by atoms with Crippen LogP contribution in [0.1, 0.15) is 24.8 Å². The van der Waals surface area contributed by atoms with Crippen LogP contribution in [-0.2, 0) is 4.79 Å². The topological polar surface area (TPSA) is 49.3 Å². The molecule has 1 aromatic carbocycles. The van der Waals surface area contributed by atoms with Crippen molar-refractivity contribution in [3.63, 3.8) is 0 Å². The molecule has 2 atom stereocenters. The molecule has 2 N–H and O–H groups in total. The van der Waals surface area contributed by atoms with Gasteiger partial charge in [-0.3, -0.25) is 4.79 Å². The lowest BCUT2D eigenvalue weighted by atomic mass is 10.1. The average molecular weight is 314 g/mol. The van der Waals surface area contributed by atoms with Crippen LogP contribution in [0.2, 0.25) is 10.0 Å². The summed E-state index contributed by atoms with van der Waals surface area (Å²) in [5, 5.41) is 13.5. The Hall–Kier alpha value is -1.03. The number of rotatable bonds is 4. The first-order valence-electron chi connectivity index (χ1n) is 6.64. The van der Waals surface area contributed by atoms with Gasteiger partial charge in [0, 0.05) is 28.6 Å². The first kappa shape index (κ1) is 15.4. The maximum absolute atomic E-state index is 11.7. The number of aliphatic hydroxyl groups excluding tert-OH is 1. The number of hydrogen-bond donors (Lipinski definition) is 2. The van der Waals surface area contributed by atoms with Gasteiger partial charge in [0.2, 0.25) is 5.91 Å². The van der Waals surface area contributed by atoms with Crippen molar-refractivity contribution in [2.45, 2.75) is 25.4 Å². The van der Waals surface area contributed by atoms with Gasteiger partial charge >= 0.3 is 0 Å². The number of hydrogen-bond acceptors (Lipinski definition) is 2. The summed E-state index contributed by atoms with van der Waals surface area (Å²) < 4.78 is 0. The van der Waals surface area contributed by atoms with E-state index in [0.29, 0.717) is 16.6 Å². The largest absolute Gasteiger partial charge is 0.393 e. The van der Waals surface area contributed by atoms with Crippen molar-refractivity contribution >= 4 is 35.2 Å². The third-order valence-electron chi connectivity index (χ3n) is 3.47. The fourth-order valence-corrected chi connectivity index (χ4v) is 2.93. The van der Waals surface area contributed by atoms with E-state index in [1.807, 2.05) is 0 Å². The molecule has 0 radical (unpaired) electrons. The molecular weight excluding hydrogens is 297 g/mol. The normalized spacial score (nSPS) is 22.4. The van der Waals surface area contributed by atoms with E-state index in [0.717, 1.165) is 24.8 Å². The summed E-state index contributed by atoms with van der Waals surface area (Å²) in [6.45, 7) is 0.515. The smallest absolute Gasteiger partial charge is 0.244 e. The van der Waals surface area contributed by atoms with Gasteiger partial charge in [-0.15, -0.1) is 0 Å². The second-order valence-corrected chi connectivity index (χ2v) is 5.91. The third kappa shape index (κ3) is 4.51. The number of carbonyl (C=O) groups is 1. The van der Waals surface area contributed by atoms with E-state index in [1.54, 1.807) is 24.3 Å². The van der Waals surface area contributed by atoms with Crippen LogP contribution in [0, 0.1) is 5.92 Å². The van der Waals surface area contributed by atoms with Gasteiger partial charge in [0.25, 0.3) is 0 Å². The first-order valence-corrected chi connectivity index (χ1v) is 7.40. The molecule has 2 unspecified atom stereocenters. The lowest BCUT2D eigenvalue weighted by Crippen LogP contribution is -2.31. The summed E-state index contributed by atoms with van der Waals surface area (Å²) >= 11 is 11.8. The van der Waals surface area contributed by atoms with Crippen molar-refractivity contribution in [2.24, 2.45) is 5.92 Å². The molecule has 1 amide bonds. The minimum Gasteiger partial charge on any atom is -0.393 e. The SMILES string of the molecule is O=C(C=Cc1cc(Cl)cc(Cl)c1)NCC1CCCC1O. The van der Waals surface area contributed by atoms with E-state index in [2.05, 4.69) is 5.32 Å². The van der Waals surface area contributed by atoms with Crippen molar-refractivity contribution in [2.75, 3.05) is 6.54 Å². The zero-order valence-corrected chi connectivity index (χ0v) is 12.5. The fourth-order valence-electron chi connectivity index (χ4n) is 2.39. The van der Waals surface area contributed by atoms with Crippen molar-refractivity contribution in [1.82, 2.24) is 5.32 Å². The Morgan fingerprint density at radius 2 is 2.00 bits per heavy atom. The lowest BCUT2D eigenvalue weighted by molar-refractivity contribution is -0.116. The number of halogens is 2. The Morgan fingerprint density at radius 3 is 2.60 bits per heavy atom. The number of aliphatic hydroxyl groups is 1. The van der Waals surface area contributed by atoms with Gasteiger partial charge in [-0.05, 0) is 42.7 Å². The highest BCUT2D eigenvalue weighted by atomic mass is 35.5. The molecular formula is C15H17Cl2NO2. The number of amides is 1. The molecule has 1 saturated carbocycles. The second-order valence-electron chi connectivity index (χ2n) is 5.04. The van der Waals surface area contributed by atoms with E-state index in [4.69, 9.17) is 23.2 Å². The van der Waals surface area contributed by atoms with E-state index in [9.17, 15) is 9.90 Å². The van der Waals surface area contributed by atoms with Crippen LogP contribution in [-0.4, -0.2) is 23.7 Å². The fraction of sp³-hybridized carbons (Fsp3) is 0.400. The zero-order valence-electron chi connectivity index (χ0n) is 11.0. The van der Waals surface area contributed by atoms with Crippen molar-refractivity contribution in [3.05, 3.63) is 39.9 Å². The Labute approximate surface area is 128 Å².